The van der Waals surface area contributed by atoms with E-state index in [1.54, 1.807) is 17.0 Å². The fourth-order valence-corrected chi connectivity index (χ4v) is 7.57. The van der Waals surface area contributed by atoms with Crippen LogP contribution in [-0.2, 0) is 21.4 Å². The Bertz CT molecular complexity index is 1320. The second-order valence-electron chi connectivity index (χ2n) is 11.2. The molecule has 7 nitrogen and oxygen atoms in total. The molecule has 2 aliphatic carbocycles. The van der Waals surface area contributed by atoms with Crippen molar-refractivity contribution in [1.29, 1.82) is 0 Å². The summed E-state index contributed by atoms with van der Waals surface area (Å²) in [6, 6.07) is 11.6. The Morgan fingerprint density at radius 1 is 1.24 bits per heavy atom. The van der Waals surface area contributed by atoms with Crippen molar-refractivity contribution in [3.05, 3.63) is 64.7 Å². The van der Waals surface area contributed by atoms with E-state index in [0.29, 0.717) is 37.2 Å². The third-order valence-corrected chi connectivity index (χ3v) is 9.24. The van der Waals surface area contributed by atoms with E-state index in [4.69, 9.17) is 9.47 Å². The van der Waals surface area contributed by atoms with Gasteiger partial charge in [-0.3, -0.25) is 9.59 Å². The highest BCUT2D eigenvalue weighted by atomic mass is 16.6. The topological polar surface area (TPSA) is 79.3 Å². The van der Waals surface area contributed by atoms with Crippen molar-refractivity contribution < 1.29 is 24.2 Å². The second kappa shape index (κ2) is 8.43. The number of aliphatic hydroxyl groups is 1. The standard InChI is InChI=1S/C30H34N2O5/c1-18-6-5-7-20(16-18)8-11-25(34)32(4)22-12-13-30(35)24-17-21-9-10-23(36-19(2)33)27-26(21)29(30,28(22)37-27)14-15-31(24)3/h5-11,16,22,24,28,35H,12-15,17H2,1-4H3/t22-,24-,28+,29+,30-/m1/s1. The first-order chi connectivity index (χ1) is 17.7. The van der Waals surface area contributed by atoms with Gasteiger partial charge in [-0.05, 0) is 69.5 Å². The Hall–Kier alpha value is -3.16. The predicted molar refractivity (Wildman–Crippen MR) is 140 cm³/mol. The first-order valence-electron chi connectivity index (χ1n) is 13.1. The molecule has 37 heavy (non-hydrogen) atoms. The summed E-state index contributed by atoms with van der Waals surface area (Å²) in [6.45, 7) is 4.23. The Kier molecular flexibility index (Phi) is 5.51. The summed E-state index contributed by atoms with van der Waals surface area (Å²) in [4.78, 5) is 29.3. The highest BCUT2D eigenvalue weighted by molar-refractivity contribution is 5.92. The third-order valence-electron chi connectivity index (χ3n) is 9.24. The molecule has 1 saturated heterocycles. The van der Waals surface area contributed by atoms with Crippen LogP contribution < -0.4 is 9.47 Å². The Morgan fingerprint density at radius 3 is 2.81 bits per heavy atom. The van der Waals surface area contributed by atoms with E-state index in [0.717, 1.165) is 28.8 Å². The molecule has 1 amide bonds. The number of nitrogens with zero attached hydrogens (tertiary/aromatic N) is 2. The van der Waals surface area contributed by atoms with Crippen LogP contribution in [-0.4, -0.2) is 71.2 Å². The van der Waals surface area contributed by atoms with Crippen LogP contribution in [0.1, 0.15) is 48.4 Å². The largest absolute Gasteiger partial charge is 0.483 e. The highest BCUT2D eigenvalue weighted by Crippen LogP contribution is 2.65. The fourth-order valence-electron chi connectivity index (χ4n) is 7.57. The minimum atomic E-state index is -0.991. The quantitative estimate of drug-likeness (QED) is 0.393. The third kappa shape index (κ3) is 3.40. The van der Waals surface area contributed by atoms with Gasteiger partial charge in [0, 0.05) is 31.7 Å². The van der Waals surface area contributed by atoms with Gasteiger partial charge in [0.25, 0.3) is 0 Å². The van der Waals surface area contributed by atoms with Gasteiger partial charge in [-0.15, -0.1) is 0 Å². The van der Waals surface area contributed by atoms with E-state index >= 15 is 0 Å². The minimum absolute atomic E-state index is 0.0338. The van der Waals surface area contributed by atoms with Crippen molar-refractivity contribution in [2.24, 2.45) is 0 Å². The van der Waals surface area contributed by atoms with Gasteiger partial charge in [0.15, 0.2) is 11.5 Å². The number of rotatable bonds is 4. The van der Waals surface area contributed by atoms with Crippen LogP contribution in [0.15, 0.2) is 42.5 Å². The molecule has 1 N–H and O–H groups in total. The molecule has 2 bridgehead atoms. The van der Waals surface area contributed by atoms with E-state index in [2.05, 4.69) is 11.9 Å². The van der Waals surface area contributed by atoms with Crippen LogP contribution in [0.25, 0.3) is 6.08 Å². The summed E-state index contributed by atoms with van der Waals surface area (Å²) in [5.41, 5.74) is 2.56. The summed E-state index contributed by atoms with van der Waals surface area (Å²) in [5.74, 6) is 0.433. The number of carbonyl (C=O) groups excluding carboxylic acids is 2. The van der Waals surface area contributed by atoms with Gasteiger partial charge >= 0.3 is 5.97 Å². The number of piperidine rings is 1. The lowest BCUT2D eigenvalue weighted by Gasteiger charge is -2.64. The van der Waals surface area contributed by atoms with Crippen molar-refractivity contribution in [1.82, 2.24) is 9.80 Å². The monoisotopic (exact) mass is 502 g/mol. The minimum Gasteiger partial charge on any atom is -0.483 e. The summed E-state index contributed by atoms with van der Waals surface area (Å²) >= 11 is 0. The van der Waals surface area contributed by atoms with Gasteiger partial charge in [0.05, 0.1) is 17.1 Å². The molecule has 6 rings (SSSR count). The van der Waals surface area contributed by atoms with Crippen molar-refractivity contribution in [2.45, 2.75) is 68.7 Å². The SMILES string of the molecule is CC(=O)Oc1ccc2c3c1O[C@H]1[C@H](N(C)C(=O)C=Cc4cccc(C)c4)CC[C@@]4(O)[C@@H](C2)N(C)CC[C@]314. The number of benzene rings is 2. The molecule has 194 valence electrons. The van der Waals surface area contributed by atoms with E-state index in [1.807, 2.05) is 50.4 Å². The van der Waals surface area contributed by atoms with Gasteiger partial charge in [0.1, 0.15) is 6.10 Å². The van der Waals surface area contributed by atoms with Crippen LogP contribution in [0.5, 0.6) is 11.5 Å². The summed E-state index contributed by atoms with van der Waals surface area (Å²) < 4.78 is 12.3. The Morgan fingerprint density at radius 2 is 2.05 bits per heavy atom. The maximum atomic E-state index is 13.4. The van der Waals surface area contributed by atoms with Crippen LogP contribution >= 0.6 is 0 Å². The highest BCUT2D eigenvalue weighted by Gasteiger charge is 2.73. The molecule has 5 atom stereocenters. The maximum Gasteiger partial charge on any atom is 0.308 e. The Balaban J connectivity index is 1.40. The number of likely N-dealkylation sites (N-methyl/N-ethyl adjacent to an activating group) is 2. The lowest BCUT2D eigenvalue weighted by molar-refractivity contribution is -0.195. The van der Waals surface area contributed by atoms with Gasteiger partial charge in [-0.1, -0.05) is 35.9 Å². The second-order valence-corrected chi connectivity index (χ2v) is 11.2. The lowest BCUT2D eigenvalue weighted by atomic mass is 9.48. The first-order valence-corrected chi connectivity index (χ1v) is 13.1. The molecule has 1 spiro atoms. The van der Waals surface area contributed by atoms with Crippen molar-refractivity contribution in [3.63, 3.8) is 0 Å². The number of ether oxygens (including phenoxy) is 2. The Labute approximate surface area is 217 Å². The number of aryl methyl sites for hydroxylation is 1. The molecule has 4 aliphatic rings. The van der Waals surface area contributed by atoms with E-state index < -0.39 is 23.1 Å². The summed E-state index contributed by atoms with van der Waals surface area (Å²) in [7, 11) is 3.90. The zero-order valence-corrected chi connectivity index (χ0v) is 21.9. The molecular weight excluding hydrogens is 468 g/mol. The predicted octanol–water partition coefficient (Wildman–Crippen LogP) is 3.24. The van der Waals surface area contributed by atoms with Crippen molar-refractivity contribution >= 4 is 18.0 Å². The average molecular weight is 503 g/mol. The molecular formula is C30H34N2O5. The molecule has 2 fully saturated rings. The van der Waals surface area contributed by atoms with Crippen molar-refractivity contribution in [3.8, 4) is 11.5 Å². The van der Waals surface area contributed by atoms with Crippen LogP contribution in [0, 0.1) is 6.92 Å². The molecule has 0 unspecified atom stereocenters. The summed E-state index contributed by atoms with van der Waals surface area (Å²) in [6.07, 6.45) is 5.64. The lowest BCUT2D eigenvalue weighted by Crippen LogP contribution is -2.77. The molecule has 2 aromatic carbocycles. The average Bonchev–Trinajstić information content (AvgIpc) is 3.21. The smallest absolute Gasteiger partial charge is 0.308 e. The van der Waals surface area contributed by atoms with Crippen molar-refractivity contribution in [2.75, 3.05) is 20.6 Å². The zero-order chi connectivity index (χ0) is 26.1. The number of likely N-dealkylation sites (tertiary alicyclic amines) is 1. The van der Waals surface area contributed by atoms with Gasteiger partial charge in [0.2, 0.25) is 5.91 Å². The fraction of sp³-hybridized carbons (Fsp3) is 0.467. The number of hydrogen-bond acceptors (Lipinski definition) is 6. The molecule has 2 heterocycles. The van der Waals surface area contributed by atoms with Gasteiger partial charge in [-0.2, -0.15) is 0 Å². The number of esters is 1. The van der Waals surface area contributed by atoms with Crippen LogP contribution in [0.4, 0.5) is 0 Å². The molecule has 1 saturated carbocycles. The van der Waals surface area contributed by atoms with Crippen LogP contribution in [0.2, 0.25) is 0 Å². The number of hydrogen-bond donors (Lipinski definition) is 1. The van der Waals surface area contributed by atoms with E-state index in [9.17, 15) is 14.7 Å². The van der Waals surface area contributed by atoms with E-state index in [1.165, 1.54) is 6.92 Å². The molecule has 2 aromatic rings. The summed E-state index contributed by atoms with van der Waals surface area (Å²) in [5, 5.41) is 12.4. The number of carbonyl (C=O) groups is 2. The number of amides is 1. The molecule has 7 heteroatoms. The molecule has 2 aliphatic heterocycles. The maximum absolute atomic E-state index is 13.4. The van der Waals surface area contributed by atoms with Crippen LogP contribution in [0.3, 0.4) is 0 Å². The zero-order valence-electron chi connectivity index (χ0n) is 21.9. The van der Waals surface area contributed by atoms with Gasteiger partial charge < -0.3 is 24.4 Å². The van der Waals surface area contributed by atoms with E-state index in [-0.39, 0.29) is 18.0 Å². The molecule has 0 radical (unpaired) electrons. The van der Waals surface area contributed by atoms with Gasteiger partial charge in [-0.25, -0.2) is 0 Å². The molecule has 0 aromatic heterocycles. The normalized spacial score (nSPS) is 31.5. The first kappa shape index (κ1) is 24.2.